The minimum absolute atomic E-state index is 0.0333. The van der Waals surface area contributed by atoms with E-state index in [0.717, 1.165) is 45.2 Å². The first-order chi connectivity index (χ1) is 18.6. The van der Waals surface area contributed by atoms with Gasteiger partial charge in [-0.1, -0.05) is 0 Å². The van der Waals surface area contributed by atoms with E-state index in [1.807, 2.05) is 68.4 Å². The Morgan fingerprint density at radius 3 is 2.64 bits per heavy atom. The fourth-order valence-electron chi connectivity index (χ4n) is 5.12. The lowest BCUT2D eigenvalue weighted by Gasteiger charge is -2.31. The molecule has 0 unspecified atom stereocenters. The number of fused-ring (bicyclic) bond motifs is 4. The number of rotatable bonds is 4. The van der Waals surface area contributed by atoms with Crippen LogP contribution in [0.3, 0.4) is 0 Å². The summed E-state index contributed by atoms with van der Waals surface area (Å²) in [6.07, 6.45) is 7.65. The number of likely N-dealkylation sites (N-methyl/N-ethyl adjacent to an activating group) is 1. The largest absolute Gasteiger partial charge is 0.476 e. The number of hydrogen-bond acceptors (Lipinski definition) is 8. The molecule has 3 atom stereocenters. The zero-order valence-electron chi connectivity index (χ0n) is 24.0. The summed E-state index contributed by atoms with van der Waals surface area (Å²) < 4.78 is 18.3. The Hall–Kier alpha value is -3.70. The number of aliphatic hydroxyl groups excluding tert-OH is 1. The highest BCUT2D eigenvalue weighted by molar-refractivity contribution is 5.74. The Morgan fingerprint density at radius 1 is 1.15 bits per heavy atom. The Kier molecular flexibility index (Phi) is 7.21. The maximum absolute atomic E-state index is 10.0. The van der Waals surface area contributed by atoms with E-state index in [-0.39, 0.29) is 24.8 Å². The van der Waals surface area contributed by atoms with Crippen LogP contribution < -0.4 is 9.47 Å². The molecular weight excluding hydrogens is 496 g/mol. The van der Waals surface area contributed by atoms with Crippen molar-refractivity contribution in [3.05, 3.63) is 40.9 Å². The van der Waals surface area contributed by atoms with Crippen LogP contribution in [0.15, 0.2) is 12.4 Å². The second kappa shape index (κ2) is 10.5. The summed E-state index contributed by atoms with van der Waals surface area (Å²) in [7, 11) is 3.97. The van der Waals surface area contributed by atoms with Crippen LogP contribution in [0.2, 0.25) is 0 Å². The van der Waals surface area contributed by atoms with Crippen LogP contribution in [0.5, 0.6) is 11.8 Å². The number of aryl methyl sites for hydroxylation is 3. The molecule has 0 spiro atoms. The molecule has 0 saturated carbocycles. The van der Waals surface area contributed by atoms with Crippen molar-refractivity contribution in [2.24, 2.45) is 7.05 Å². The third-order valence-corrected chi connectivity index (χ3v) is 7.61. The van der Waals surface area contributed by atoms with E-state index in [0.29, 0.717) is 24.9 Å². The van der Waals surface area contributed by atoms with Crippen molar-refractivity contribution in [1.29, 1.82) is 0 Å². The van der Waals surface area contributed by atoms with Gasteiger partial charge in [-0.25, -0.2) is 14.6 Å². The quantitative estimate of drug-likeness (QED) is 0.423. The van der Waals surface area contributed by atoms with Gasteiger partial charge in [-0.15, -0.1) is 5.10 Å². The van der Waals surface area contributed by atoms with Gasteiger partial charge in [0.15, 0.2) is 0 Å². The first-order valence-electron chi connectivity index (χ1n) is 13.4. The molecule has 0 aliphatic carbocycles. The first kappa shape index (κ1) is 26.9. The van der Waals surface area contributed by atoms with Crippen LogP contribution in [0.25, 0.3) is 28.9 Å². The van der Waals surface area contributed by atoms with E-state index in [2.05, 4.69) is 30.9 Å². The topological polar surface area (TPSA) is 108 Å². The molecule has 0 aromatic carbocycles. The van der Waals surface area contributed by atoms with Crippen molar-refractivity contribution in [3.8, 4) is 23.0 Å². The highest BCUT2D eigenvalue weighted by Crippen LogP contribution is 2.35. The van der Waals surface area contributed by atoms with Gasteiger partial charge >= 0.3 is 0 Å². The molecule has 5 rings (SSSR count). The van der Waals surface area contributed by atoms with Crippen molar-refractivity contribution in [2.45, 2.75) is 66.3 Å². The highest BCUT2D eigenvalue weighted by Gasteiger charge is 2.28. The maximum atomic E-state index is 10.0. The Balaban J connectivity index is 1.77. The van der Waals surface area contributed by atoms with Gasteiger partial charge in [-0.3, -0.25) is 14.0 Å². The number of aliphatic hydroxyl groups is 1. The molecular formula is C28H38N8O3. The Bertz CT molecular complexity index is 1530. The minimum Gasteiger partial charge on any atom is -0.476 e. The number of nitrogens with zero attached hydrogens (tertiary/aromatic N) is 8. The number of ether oxygens (including phenoxy) is 2. The molecule has 11 nitrogen and oxygen atoms in total. The third kappa shape index (κ3) is 4.70. The molecule has 0 radical (unpaired) electrons. The molecule has 1 aliphatic heterocycles. The average molecular weight is 535 g/mol. The van der Waals surface area contributed by atoms with Crippen molar-refractivity contribution in [3.63, 3.8) is 0 Å². The monoisotopic (exact) mass is 534 g/mol. The van der Waals surface area contributed by atoms with Crippen LogP contribution in [0, 0.1) is 13.8 Å². The molecule has 5 heterocycles. The van der Waals surface area contributed by atoms with E-state index in [4.69, 9.17) is 24.5 Å². The molecule has 4 aromatic heterocycles. The lowest BCUT2D eigenvalue weighted by Crippen LogP contribution is -2.41. The van der Waals surface area contributed by atoms with Crippen LogP contribution in [-0.2, 0) is 13.6 Å². The zero-order valence-corrected chi connectivity index (χ0v) is 24.0. The third-order valence-electron chi connectivity index (χ3n) is 7.61. The van der Waals surface area contributed by atoms with Gasteiger partial charge in [-0.2, -0.15) is 5.10 Å². The van der Waals surface area contributed by atoms with Crippen LogP contribution in [-0.4, -0.2) is 76.3 Å². The summed E-state index contributed by atoms with van der Waals surface area (Å²) in [6.45, 7) is 13.1. The van der Waals surface area contributed by atoms with Crippen LogP contribution in [0.4, 0.5) is 0 Å². The van der Waals surface area contributed by atoms with Crippen LogP contribution >= 0.6 is 0 Å². The summed E-state index contributed by atoms with van der Waals surface area (Å²) in [6, 6.07) is -0.185. The van der Waals surface area contributed by atoms with Gasteiger partial charge in [0.05, 0.1) is 64.9 Å². The molecule has 11 heteroatoms. The zero-order chi connectivity index (χ0) is 28.0. The SMILES string of the molecule is CCOc1nn([C@@H](C)CO)c2c1/C=C/c1ncc3c(C)nc(cn13)-c1c(C)nn(C)c1O[C@@H](C)[C@@H](C)N(C)C2. The maximum Gasteiger partial charge on any atom is 0.240 e. The Labute approximate surface area is 228 Å². The summed E-state index contributed by atoms with van der Waals surface area (Å²) in [5.41, 5.74) is 6.09. The van der Waals surface area contributed by atoms with E-state index < -0.39 is 0 Å². The minimum atomic E-state index is -0.218. The summed E-state index contributed by atoms with van der Waals surface area (Å²) in [5.74, 6) is 1.96. The van der Waals surface area contributed by atoms with Gasteiger partial charge in [0.25, 0.3) is 0 Å². The summed E-state index contributed by atoms with van der Waals surface area (Å²) >= 11 is 0. The summed E-state index contributed by atoms with van der Waals surface area (Å²) in [5, 5.41) is 19.5. The smallest absolute Gasteiger partial charge is 0.240 e. The predicted molar refractivity (Wildman–Crippen MR) is 150 cm³/mol. The van der Waals surface area contributed by atoms with Crippen molar-refractivity contribution in [1.82, 2.24) is 38.8 Å². The van der Waals surface area contributed by atoms with Gasteiger partial charge in [0, 0.05) is 25.8 Å². The second-order valence-electron chi connectivity index (χ2n) is 10.4. The molecule has 0 fully saturated rings. The molecule has 0 amide bonds. The van der Waals surface area contributed by atoms with Gasteiger partial charge < -0.3 is 14.6 Å². The first-order valence-corrected chi connectivity index (χ1v) is 13.4. The molecule has 1 N–H and O–H groups in total. The standard InChI is InChI=1S/C28H38N8O3/c1-9-38-27-21-10-11-25-29-12-23-17(3)30-22(13-35(23)25)26-18(4)31-34(8)28(26)39-20(6)19(5)33(7)14-24(21)36(32-27)16(2)15-37/h10-13,16,19-20,37H,9,14-15H2,1-8H3/b11-10+/t16-,19+,20-/m0/s1. The Morgan fingerprint density at radius 2 is 1.92 bits per heavy atom. The average Bonchev–Trinajstić information content (AvgIpc) is 3.55. The van der Waals surface area contributed by atoms with E-state index in [9.17, 15) is 5.11 Å². The van der Waals surface area contributed by atoms with Crippen LogP contribution in [0.1, 0.15) is 62.2 Å². The molecule has 1 aliphatic rings. The fraction of sp³-hybridized carbons (Fsp3) is 0.500. The van der Waals surface area contributed by atoms with Crippen molar-refractivity contribution in [2.75, 3.05) is 20.3 Å². The van der Waals surface area contributed by atoms with Crippen molar-refractivity contribution < 1.29 is 14.6 Å². The predicted octanol–water partition coefficient (Wildman–Crippen LogP) is 3.67. The molecule has 4 aromatic rings. The molecule has 39 heavy (non-hydrogen) atoms. The van der Waals surface area contributed by atoms with Gasteiger partial charge in [0.1, 0.15) is 11.9 Å². The van der Waals surface area contributed by atoms with Crippen molar-refractivity contribution >= 4 is 17.7 Å². The lowest BCUT2D eigenvalue weighted by molar-refractivity contribution is 0.0914. The molecule has 208 valence electrons. The summed E-state index contributed by atoms with van der Waals surface area (Å²) in [4.78, 5) is 11.9. The van der Waals surface area contributed by atoms with E-state index in [1.54, 1.807) is 4.68 Å². The van der Waals surface area contributed by atoms with E-state index >= 15 is 0 Å². The molecule has 0 saturated heterocycles. The number of hydrogen-bond donors (Lipinski definition) is 1. The van der Waals surface area contributed by atoms with E-state index in [1.165, 1.54) is 0 Å². The number of aromatic nitrogens is 7. The lowest BCUT2D eigenvalue weighted by atomic mass is 10.1. The fourth-order valence-corrected chi connectivity index (χ4v) is 5.12. The molecule has 2 bridgehead atoms. The van der Waals surface area contributed by atoms with Gasteiger partial charge in [0.2, 0.25) is 11.8 Å². The van der Waals surface area contributed by atoms with Gasteiger partial charge in [-0.05, 0) is 60.7 Å². The second-order valence-corrected chi connectivity index (χ2v) is 10.4. The number of imidazole rings is 1. The normalized spacial score (nSPS) is 19.7. The highest BCUT2D eigenvalue weighted by atomic mass is 16.5.